The molecule has 0 spiro atoms. The van der Waals surface area contributed by atoms with E-state index in [1.807, 2.05) is 6.20 Å². The standard InChI is InChI=1S/C11H20N4/c12-5-1-3-10(4-2-6-13)11-9-14-7-8-15-11/h7-10H,1-6,12-13H2. The third kappa shape index (κ3) is 4.36. The SMILES string of the molecule is NCCCC(CCCN)c1cnccn1. The predicted molar refractivity (Wildman–Crippen MR) is 61.3 cm³/mol. The van der Waals surface area contributed by atoms with Gasteiger partial charge in [0.25, 0.3) is 0 Å². The van der Waals surface area contributed by atoms with Crippen LogP contribution in [0.2, 0.25) is 0 Å². The van der Waals surface area contributed by atoms with Crippen LogP contribution in [0.1, 0.15) is 37.3 Å². The molecule has 0 aliphatic heterocycles. The maximum atomic E-state index is 5.52. The predicted octanol–water partition coefficient (Wildman–Crippen LogP) is 1.04. The molecule has 0 saturated heterocycles. The average molecular weight is 208 g/mol. The molecule has 0 atom stereocenters. The molecule has 0 fully saturated rings. The summed E-state index contributed by atoms with van der Waals surface area (Å²) in [7, 11) is 0. The van der Waals surface area contributed by atoms with Crippen molar-refractivity contribution in [2.75, 3.05) is 13.1 Å². The lowest BCUT2D eigenvalue weighted by Gasteiger charge is -2.14. The molecule has 1 aromatic rings. The summed E-state index contributed by atoms with van der Waals surface area (Å²) in [5, 5.41) is 0. The molecule has 1 heterocycles. The lowest BCUT2D eigenvalue weighted by atomic mass is 9.94. The van der Waals surface area contributed by atoms with Crippen LogP contribution in [-0.2, 0) is 0 Å². The van der Waals surface area contributed by atoms with Crippen molar-refractivity contribution < 1.29 is 0 Å². The van der Waals surface area contributed by atoms with Crippen LogP contribution in [0.15, 0.2) is 18.6 Å². The Bertz CT molecular complexity index is 242. The van der Waals surface area contributed by atoms with E-state index in [0.717, 1.165) is 44.5 Å². The van der Waals surface area contributed by atoms with Crippen LogP contribution in [0, 0.1) is 0 Å². The van der Waals surface area contributed by atoms with E-state index in [4.69, 9.17) is 11.5 Å². The van der Waals surface area contributed by atoms with Gasteiger partial charge in [0.05, 0.1) is 5.69 Å². The van der Waals surface area contributed by atoms with Crippen LogP contribution in [-0.4, -0.2) is 23.1 Å². The molecular formula is C11H20N4. The first kappa shape index (κ1) is 12.1. The summed E-state index contributed by atoms with van der Waals surface area (Å²) in [5.74, 6) is 0.464. The van der Waals surface area contributed by atoms with Gasteiger partial charge in [0.15, 0.2) is 0 Å². The van der Waals surface area contributed by atoms with E-state index >= 15 is 0 Å². The topological polar surface area (TPSA) is 77.8 Å². The van der Waals surface area contributed by atoms with E-state index in [0.29, 0.717) is 5.92 Å². The summed E-state index contributed by atoms with van der Waals surface area (Å²) in [4.78, 5) is 8.44. The number of rotatable bonds is 7. The first-order valence-corrected chi connectivity index (χ1v) is 5.54. The summed E-state index contributed by atoms with van der Waals surface area (Å²) in [6.07, 6.45) is 9.51. The van der Waals surface area contributed by atoms with E-state index < -0.39 is 0 Å². The van der Waals surface area contributed by atoms with Crippen molar-refractivity contribution in [2.24, 2.45) is 11.5 Å². The van der Waals surface area contributed by atoms with Crippen LogP contribution >= 0.6 is 0 Å². The number of hydrogen-bond acceptors (Lipinski definition) is 4. The first-order chi connectivity index (χ1) is 7.38. The normalized spacial score (nSPS) is 10.9. The molecule has 0 unspecified atom stereocenters. The first-order valence-electron chi connectivity index (χ1n) is 5.54. The number of hydrogen-bond donors (Lipinski definition) is 2. The maximum Gasteiger partial charge on any atom is 0.0617 e. The Kier molecular flexibility index (Phi) is 5.88. The molecule has 0 saturated carbocycles. The maximum absolute atomic E-state index is 5.52. The van der Waals surface area contributed by atoms with Gasteiger partial charge in [-0.25, -0.2) is 0 Å². The highest BCUT2D eigenvalue weighted by Gasteiger charge is 2.11. The van der Waals surface area contributed by atoms with Gasteiger partial charge in [-0.1, -0.05) is 0 Å². The Labute approximate surface area is 91.1 Å². The molecule has 1 rings (SSSR count). The molecule has 15 heavy (non-hydrogen) atoms. The molecule has 0 aliphatic rings. The fraction of sp³-hybridized carbons (Fsp3) is 0.636. The quantitative estimate of drug-likeness (QED) is 0.701. The minimum atomic E-state index is 0.464. The second kappa shape index (κ2) is 7.31. The zero-order valence-electron chi connectivity index (χ0n) is 9.10. The molecular weight excluding hydrogens is 188 g/mol. The second-order valence-corrected chi connectivity index (χ2v) is 3.69. The molecule has 0 bridgehead atoms. The lowest BCUT2D eigenvalue weighted by molar-refractivity contribution is 0.527. The smallest absolute Gasteiger partial charge is 0.0617 e. The lowest BCUT2D eigenvalue weighted by Crippen LogP contribution is -2.08. The number of aromatic nitrogens is 2. The highest BCUT2D eigenvalue weighted by molar-refractivity contribution is 5.03. The second-order valence-electron chi connectivity index (χ2n) is 3.69. The monoisotopic (exact) mass is 208 g/mol. The van der Waals surface area contributed by atoms with Gasteiger partial charge in [-0.3, -0.25) is 9.97 Å². The van der Waals surface area contributed by atoms with Crippen molar-refractivity contribution in [3.8, 4) is 0 Å². The molecule has 0 amide bonds. The fourth-order valence-corrected chi connectivity index (χ4v) is 1.69. The Morgan fingerprint density at radius 2 is 1.73 bits per heavy atom. The van der Waals surface area contributed by atoms with E-state index in [1.54, 1.807) is 12.4 Å². The average Bonchev–Trinajstić information content (AvgIpc) is 2.30. The summed E-state index contributed by atoms with van der Waals surface area (Å²) >= 11 is 0. The van der Waals surface area contributed by atoms with Crippen LogP contribution in [0.5, 0.6) is 0 Å². The molecule has 4 heteroatoms. The Balaban J connectivity index is 2.55. The number of nitrogens with zero attached hydrogens (tertiary/aromatic N) is 2. The van der Waals surface area contributed by atoms with Crippen molar-refractivity contribution >= 4 is 0 Å². The van der Waals surface area contributed by atoms with Gasteiger partial charge >= 0.3 is 0 Å². The van der Waals surface area contributed by atoms with E-state index in [2.05, 4.69) is 9.97 Å². The highest BCUT2D eigenvalue weighted by Crippen LogP contribution is 2.23. The molecule has 4 N–H and O–H groups in total. The largest absolute Gasteiger partial charge is 0.330 e. The van der Waals surface area contributed by atoms with Gasteiger partial charge < -0.3 is 11.5 Å². The summed E-state index contributed by atoms with van der Waals surface area (Å²) in [5.41, 5.74) is 12.1. The number of nitrogens with two attached hydrogens (primary N) is 2. The van der Waals surface area contributed by atoms with Crippen LogP contribution < -0.4 is 11.5 Å². The highest BCUT2D eigenvalue weighted by atomic mass is 14.8. The Hall–Kier alpha value is -1.00. The van der Waals surface area contributed by atoms with Gasteiger partial charge in [-0.2, -0.15) is 0 Å². The van der Waals surface area contributed by atoms with E-state index in [9.17, 15) is 0 Å². The van der Waals surface area contributed by atoms with Gasteiger partial charge in [0.1, 0.15) is 0 Å². The third-order valence-corrected chi connectivity index (χ3v) is 2.51. The minimum Gasteiger partial charge on any atom is -0.330 e. The third-order valence-electron chi connectivity index (χ3n) is 2.51. The Morgan fingerprint density at radius 1 is 1.07 bits per heavy atom. The zero-order chi connectivity index (χ0) is 10.9. The minimum absolute atomic E-state index is 0.464. The molecule has 0 radical (unpaired) electrons. The molecule has 0 aromatic carbocycles. The van der Waals surface area contributed by atoms with Crippen molar-refractivity contribution in [1.82, 2.24) is 9.97 Å². The summed E-state index contributed by atoms with van der Waals surface area (Å²) < 4.78 is 0. The van der Waals surface area contributed by atoms with Crippen LogP contribution in [0.25, 0.3) is 0 Å². The zero-order valence-corrected chi connectivity index (χ0v) is 9.10. The van der Waals surface area contributed by atoms with Crippen LogP contribution in [0.3, 0.4) is 0 Å². The van der Waals surface area contributed by atoms with Gasteiger partial charge in [-0.05, 0) is 38.8 Å². The van der Waals surface area contributed by atoms with Gasteiger partial charge in [0, 0.05) is 24.5 Å². The Morgan fingerprint density at radius 3 is 2.20 bits per heavy atom. The fourth-order valence-electron chi connectivity index (χ4n) is 1.69. The van der Waals surface area contributed by atoms with E-state index in [1.165, 1.54) is 0 Å². The molecule has 84 valence electrons. The van der Waals surface area contributed by atoms with Gasteiger partial charge in [-0.15, -0.1) is 0 Å². The molecule has 0 aliphatic carbocycles. The summed E-state index contributed by atoms with van der Waals surface area (Å²) in [6, 6.07) is 0. The van der Waals surface area contributed by atoms with E-state index in [-0.39, 0.29) is 0 Å². The van der Waals surface area contributed by atoms with Crippen molar-refractivity contribution in [1.29, 1.82) is 0 Å². The van der Waals surface area contributed by atoms with Crippen molar-refractivity contribution in [3.63, 3.8) is 0 Å². The van der Waals surface area contributed by atoms with Gasteiger partial charge in [0.2, 0.25) is 0 Å². The van der Waals surface area contributed by atoms with Crippen LogP contribution in [0.4, 0.5) is 0 Å². The van der Waals surface area contributed by atoms with Crippen molar-refractivity contribution in [2.45, 2.75) is 31.6 Å². The molecule has 1 aromatic heterocycles. The van der Waals surface area contributed by atoms with Crippen molar-refractivity contribution in [3.05, 3.63) is 24.3 Å². The summed E-state index contributed by atoms with van der Waals surface area (Å²) in [6.45, 7) is 1.47. The molecule has 4 nitrogen and oxygen atoms in total.